The third-order valence-corrected chi connectivity index (χ3v) is 3.74. The Morgan fingerprint density at radius 2 is 2.09 bits per heavy atom. The number of nitrogens with one attached hydrogen (secondary N) is 1. The third kappa shape index (κ3) is 2.58. The first-order valence-electron chi connectivity index (χ1n) is 6.89. The van der Waals surface area contributed by atoms with Crippen LogP contribution in [0.2, 0.25) is 0 Å². The van der Waals surface area contributed by atoms with Gasteiger partial charge < -0.3 is 5.32 Å². The number of alkyl halides is 3. The number of hydrogen-bond donors (Lipinski definition) is 1. The topological polar surface area (TPSA) is 46.9 Å². The first kappa shape index (κ1) is 14.6. The monoisotopic (exact) mass is 309 g/mol. The summed E-state index contributed by atoms with van der Waals surface area (Å²) in [7, 11) is 1.35. The van der Waals surface area contributed by atoms with E-state index in [1.165, 1.54) is 7.05 Å². The van der Waals surface area contributed by atoms with Crippen LogP contribution >= 0.6 is 0 Å². The largest absolute Gasteiger partial charge is 0.435 e. The zero-order valence-electron chi connectivity index (χ0n) is 11.9. The summed E-state index contributed by atoms with van der Waals surface area (Å²) in [5.41, 5.74) is 1.09. The quantitative estimate of drug-likeness (QED) is 0.926. The molecule has 0 saturated carbocycles. The van der Waals surface area contributed by atoms with Crippen LogP contribution in [0.3, 0.4) is 0 Å². The molecule has 0 radical (unpaired) electrons. The minimum absolute atomic E-state index is 0.467. The van der Waals surface area contributed by atoms with Gasteiger partial charge in [-0.15, -0.1) is 0 Å². The van der Waals surface area contributed by atoms with Crippen molar-refractivity contribution >= 4 is 11.6 Å². The molecule has 0 atom stereocenters. The minimum atomic E-state index is -4.66. The molecule has 116 valence electrons. The van der Waals surface area contributed by atoms with E-state index in [1.807, 2.05) is 6.07 Å². The van der Waals surface area contributed by atoms with Crippen molar-refractivity contribution < 1.29 is 18.0 Å². The normalized spacial score (nSPS) is 14.0. The Bertz CT molecular complexity index is 734. The number of benzene rings is 1. The standard InChI is InChI=1S/C15H14F3N3O/c1-21-8-11(13(20-21)15(16,17)18)14(22)19-12-7-3-5-9-4-2-6-10(9)12/h3,5,7-8H,2,4,6H2,1H3,(H,19,22). The van der Waals surface area contributed by atoms with E-state index in [2.05, 4.69) is 10.4 Å². The molecule has 1 aliphatic carbocycles. The highest BCUT2D eigenvalue weighted by molar-refractivity contribution is 6.05. The summed E-state index contributed by atoms with van der Waals surface area (Å²) < 4.78 is 39.8. The molecule has 1 aliphatic rings. The van der Waals surface area contributed by atoms with Crippen molar-refractivity contribution in [3.8, 4) is 0 Å². The van der Waals surface area contributed by atoms with E-state index < -0.39 is 23.3 Å². The fourth-order valence-electron chi connectivity index (χ4n) is 2.79. The highest BCUT2D eigenvalue weighted by Crippen LogP contribution is 2.32. The maximum absolute atomic E-state index is 12.9. The van der Waals surface area contributed by atoms with Crippen molar-refractivity contribution in [2.24, 2.45) is 7.05 Å². The number of fused-ring (bicyclic) bond motifs is 1. The molecule has 0 saturated heterocycles. The van der Waals surface area contributed by atoms with Gasteiger partial charge in [0.05, 0.1) is 5.56 Å². The Hall–Kier alpha value is -2.31. The lowest BCUT2D eigenvalue weighted by atomic mass is 10.1. The smallest absolute Gasteiger partial charge is 0.322 e. The van der Waals surface area contributed by atoms with E-state index in [0.717, 1.165) is 41.3 Å². The summed E-state index contributed by atoms with van der Waals surface area (Å²) >= 11 is 0. The predicted molar refractivity (Wildman–Crippen MR) is 74.6 cm³/mol. The van der Waals surface area contributed by atoms with Crippen LogP contribution < -0.4 is 5.32 Å². The number of amides is 1. The average Bonchev–Trinajstić information content (AvgIpc) is 3.04. The zero-order chi connectivity index (χ0) is 15.9. The molecular formula is C15H14F3N3O. The second-order valence-electron chi connectivity index (χ2n) is 5.31. The second kappa shape index (κ2) is 5.15. The predicted octanol–water partition coefficient (Wildman–Crippen LogP) is 3.18. The zero-order valence-corrected chi connectivity index (χ0v) is 11.9. The Kier molecular flexibility index (Phi) is 3.42. The van der Waals surface area contributed by atoms with Crippen LogP contribution in [0.15, 0.2) is 24.4 Å². The van der Waals surface area contributed by atoms with Crippen LogP contribution in [0.25, 0.3) is 0 Å². The molecule has 1 N–H and O–H groups in total. The lowest BCUT2D eigenvalue weighted by Gasteiger charge is -2.11. The van der Waals surface area contributed by atoms with Gasteiger partial charge in [0.2, 0.25) is 0 Å². The molecule has 0 spiro atoms. The number of rotatable bonds is 2. The van der Waals surface area contributed by atoms with Crippen molar-refractivity contribution in [2.45, 2.75) is 25.4 Å². The summed E-state index contributed by atoms with van der Waals surface area (Å²) in [6.45, 7) is 0. The van der Waals surface area contributed by atoms with Gasteiger partial charge in [-0.3, -0.25) is 9.48 Å². The van der Waals surface area contributed by atoms with Gasteiger partial charge in [0.1, 0.15) is 0 Å². The molecule has 0 aliphatic heterocycles. The van der Waals surface area contributed by atoms with Crippen molar-refractivity contribution in [2.75, 3.05) is 5.32 Å². The molecule has 0 unspecified atom stereocenters. The van der Waals surface area contributed by atoms with Crippen LogP contribution in [0.4, 0.5) is 18.9 Å². The molecule has 1 heterocycles. The van der Waals surface area contributed by atoms with Crippen molar-refractivity contribution in [3.63, 3.8) is 0 Å². The number of carbonyl (C=O) groups is 1. The number of carbonyl (C=O) groups excluding carboxylic acids is 1. The highest BCUT2D eigenvalue weighted by atomic mass is 19.4. The van der Waals surface area contributed by atoms with Gasteiger partial charge in [0.15, 0.2) is 5.69 Å². The van der Waals surface area contributed by atoms with Crippen molar-refractivity contribution in [1.29, 1.82) is 0 Å². The lowest BCUT2D eigenvalue weighted by Crippen LogP contribution is -2.18. The van der Waals surface area contributed by atoms with E-state index >= 15 is 0 Å². The van der Waals surface area contributed by atoms with Crippen molar-refractivity contribution in [3.05, 3.63) is 46.8 Å². The third-order valence-electron chi connectivity index (χ3n) is 3.74. The number of halogens is 3. The van der Waals surface area contributed by atoms with Gasteiger partial charge in [0.25, 0.3) is 5.91 Å². The Morgan fingerprint density at radius 3 is 2.82 bits per heavy atom. The first-order chi connectivity index (χ1) is 10.4. The first-order valence-corrected chi connectivity index (χ1v) is 6.89. The van der Waals surface area contributed by atoms with Gasteiger partial charge >= 0.3 is 6.18 Å². The molecule has 3 rings (SSSR count). The lowest BCUT2D eigenvalue weighted by molar-refractivity contribution is -0.141. The maximum Gasteiger partial charge on any atom is 0.435 e. The van der Waals surface area contributed by atoms with Gasteiger partial charge in [-0.1, -0.05) is 12.1 Å². The Balaban J connectivity index is 1.92. The molecule has 22 heavy (non-hydrogen) atoms. The summed E-state index contributed by atoms with van der Waals surface area (Å²) in [5.74, 6) is -0.791. The molecule has 0 fully saturated rings. The number of nitrogens with zero attached hydrogens (tertiary/aromatic N) is 2. The summed E-state index contributed by atoms with van der Waals surface area (Å²) in [6, 6.07) is 5.49. The van der Waals surface area contributed by atoms with Crippen LogP contribution in [0, 0.1) is 0 Å². The van der Waals surface area contributed by atoms with E-state index in [1.54, 1.807) is 12.1 Å². The molecule has 1 aromatic carbocycles. The van der Waals surface area contributed by atoms with Crippen LogP contribution in [0.5, 0.6) is 0 Å². The van der Waals surface area contributed by atoms with Crippen LogP contribution in [-0.4, -0.2) is 15.7 Å². The minimum Gasteiger partial charge on any atom is -0.322 e. The summed E-state index contributed by atoms with van der Waals surface area (Å²) in [4.78, 5) is 12.2. The van der Waals surface area contributed by atoms with E-state index in [0.29, 0.717) is 5.69 Å². The number of aromatic nitrogens is 2. The molecule has 1 amide bonds. The van der Waals surface area contributed by atoms with Crippen molar-refractivity contribution in [1.82, 2.24) is 9.78 Å². The van der Waals surface area contributed by atoms with E-state index in [4.69, 9.17) is 0 Å². The molecule has 2 aromatic rings. The van der Waals surface area contributed by atoms with E-state index in [9.17, 15) is 18.0 Å². The van der Waals surface area contributed by atoms with E-state index in [-0.39, 0.29) is 0 Å². The number of hydrogen-bond acceptors (Lipinski definition) is 2. The average molecular weight is 309 g/mol. The maximum atomic E-state index is 12.9. The SMILES string of the molecule is Cn1cc(C(=O)Nc2cccc3c2CCC3)c(C(F)(F)F)n1. The van der Waals surface area contributed by atoms with Gasteiger partial charge in [0, 0.05) is 18.9 Å². The molecule has 1 aromatic heterocycles. The fourth-order valence-corrected chi connectivity index (χ4v) is 2.79. The molecule has 4 nitrogen and oxygen atoms in total. The summed E-state index contributed by atoms with van der Waals surface area (Å²) in [6.07, 6.45) is -0.832. The van der Waals surface area contributed by atoms with Gasteiger partial charge in [-0.2, -0.15) is 18.3 Å². The highest BCUT2D eigenvalue weighted by Gasteiger charge is 2.39. The second-order valence-corrected chi connectivity index (χ2v) is 5.31. The number of anilines is 1. The number of aryl methyl sites for hydroxylation is 2. The Labute approximate surface area is 124 Å². The Morgan fingerprint density at radius 1 is 1.32 bits per heavy atom. The van der Waals surface area contributed by atoms with Gasteiger partial charge in [-0.25, -0.2) is 0 Å². The fraction of sp³-hybridized carbons (Fsp3) is 0.333. The molecular weight excluding hydrogens is 295 g/mol. The van der Waals surface area contributed by atoms with Crippen LogP contribution in [0.1, 0.15) is 33.6 Å². The van der Waals surface area contributed by atoms with Crippen LogP contribution in [-0.2, 0) is 26.1 Å². The van der Waals surface area contributed by atoms with Gasteiger partial charge in [-0.05, 0) is 36.5 Å². The molecule has 7 heteroatoms. The summed E-state index contributed by atoms with van der Waals surface area (Å²) in [5, 5.41) is 5.94. The molecule has 0 bridgehead atoms.